The molecule has 4 N–H and O–H groups in total. The highest BCUT2D eigenvalue weighted by molar-refractivity contribution is 7.92. The van der Waals surface area contributed by atoms with Gasteiger partial charge in [0, 0.05) is 29.9 Å². The number of nitrogens with two attached hydrogens (primary N) is 1. The zero-order chi connectivity index (χ0) is 15.4. The number of pyridine rings is 1. The monoisotopic (exact) mass is 302 g/mol. The van der Waals surface area contributed by atoms with Gasteiger partial charge in [0.05, 0.1) is 0 Å². The van der Waals surface area contributed by atoms with Gasteiger partial charge in [-0.2, -0.15) is 0 Å². The van der Waals surface area contributed by atoms with E-state index in [1.54, 1.807) is 18.2 Å². The zero-order valence-corrected chi connectivity index (χ0v) is 12.4. The largest absolute Gasteiger partial charge is 0.610 e. The summed E-state index contributed by atoms with van der Waals surface area (Å²) in [5, 5.41) is 15.1. The summed E-state index contributed by atoms with van der Waals surface area (Å²) in [6.07, 6.45) is 5.94. The van der Waals surface area contributed by atoms with Gasteiger partial charge in [-0.15, -0.1) is 0 Å². The predicted octanol–water partition coefficient (Wildman–Crippen LogP) is 1.95. The Kier molecular flexibility index (Phi) is 11.0. The number of carbonyl (C=O) groups is 1. The second kappa shape index (κ2) is 11.7. The minimum atomic E-state index is -1.57. The lowest BCUT2D eigenvalue weighted by atomic mass is 10.1. The lowest BCUT2D eigenvalue weighted by molar-refractivity contribution is -0.136. The van der Waals surface area contributed by atoms with Gasteiger partial charge in [-0.05, 0) is 12.5 Å². The Balaban J connectivity index is 0.00000172. The Labute approximate surface area is 122 Å². The molecule has 0 aliphatic rings. The van der Waals surface area contributed by atoms with Gasteiger partial charge in [0.25, 0.3) is 0 Å². The number of rotatable bonds is 8. The Morgan fingerprint density at radius 1 is 1.40 bits per heavy atom. The second-order valence-electron chi connectivity index (χ2n) is 4.14. The highest BCUT2D eigenvalue weighted by atomic mass is 32.2. The van der Waals surface area contributed by atoms with E-state index in [-0.39, 0.29) is 0 Å². The second-order valence-corrected chi connectivity index (χ2v) is 5.72. The highest BCUT2D eigenvalue weighted by Crippen LogP contribution is 2.19. The number of carboxylic acids is 1. The number of hydrogen-bond donors (Lipinski definition) is 3. The summed E-state index contributed by atoms with van der Waals surface area (Å²) in [7, 11) is 0. The van der Waals surface area contributed by atoms with Gasteiger partial charge in [0.2, 0.25) is 10.3 Å². The smallest absolute Gasteiger partial charge is 0.357 e. The maximum Gasteiger partial charge on any atom is 0.357 e. The van der Waals surface area contributed by atoms with Crippen molar-refractivity contribution in [2.24, 2.45) is 5.90 Å². The van der Waals surface area contributed by atoms with E-state index in [1.165, 1.54) is 6.20 Å². The van der Waals surface area contributed by atoms with Crippen LogP contribution in [0.4, 0.5) is 0 Å². The standard InChI is InChI=1S/C13H19NO3S.H3NO/c1-2-3-4-5-8-11(13(15)16)18(17)12-9-6-7-10-14-12;1-2/h6-7,9-11H,2-5,8H2,1H3,(H,15,16);2H,1H2. The minimum absolute atomic E-state index is 0.348. The van der Waals surface area contributed by atoms with Gasteiger partial charge in [0.15, 0.2) is 0 Å². The number of aromatic nitrogens is 1. The number of unbranched alkanes of at least 4 members (excludes halogenated alkanes) is 3. The molecule has 1 aromatic rings. The van der Waals surface area contributed by atoms with Crippen LogP contribution in [0, 0.1) is 0 Å². The third-order valence-corrected chi connectivity index (χ3v) is 4.31. The predicted molar refractivity (Wildman–Crippen MR) is 76.8 cm³/mol. The summed E-state index contributed by atoms with van der Waals surface area (Å²) in [5.74, 6) is 2.50. The van der Waals surface area contributed by atoms with Crippen LogP contribution in [-0.2, 0) is 16.0 Å². The molecule has 0 radical (unpaired) electrons. The first-order valence-electron chi connectivity index (χ1n) is 6.47. The van der Waals surface area contributed by atoms with Crippen LogP contribution in [0.3, 0.4) is 0 Å². The molecule has 0 fully saturated rings. The summed E-state index contributed by atoms with van der Waals surface area (Å²) in [6.45, 7) is 2.10. The molecule has 0 saturated carbocycles. The van der Waals surface area contributed by atoms with Crippen molar-refractivity contribution in [3.8, 4) is 0 Å². The van der Waals surface area contributed by atoms with Crippen molar-refractivity contribution < 1.29 is 19.7 Å². The quantitative estimate of drug-likeness (QED) is 0.383. The lowest BCUT2D eigenvalue weighted by Crippen LogP contribution is -2.30. The number of aliphatic carboxylic acids is 1. The normalized spacial score (nSPS) is 13.0. The fraction of sp³-hybridized carbons (Fsp3) is 0.538. The molecule has 0 aliphatic heterocycles. The number of nitrogens with zero attached hydrogens (tertiary/aromatic N) is 1. The summed E-state index contributed by atoms with van der Waals surface area (Å²) >= 11 is -1.57. The number of hydrogen-bond acceptors (Lipinski definition) is 5. The Morgan fingerprint density at radius 3 is 2.60 bits per heavy atom. The summed E-state index contributed by atoms with van der Waals surface area (Å²) < 4.78 is 12.1. The van der Waals surface area contributed by atoms with E-state index < -0.39 is 22.4 Å². The number of carboxylic acid groups (broad SMARTS) is 1. The fourth-order valence-corrected chi connectivity index (χ4v) is 2.92. The van der Waals surface area contributed by atoms with E-state index in [4.69, 9.17) is 10.3 Å². The van der Waals surface area contributed by atoms with E-state index in [0.29, 0.717) is 11.4 Å². The van der Waals surface area contributed by atoms with Gasteiger partial charge >= 0.3 is 5.97 Å². The van der Waals surface area contributed by atoms with E-state index in [1.807, 2.05) is 0 Å². The molecule has 0 aromatic carbocycles. The fourth-order valence-electron chi connectivity index (χ4n) is 1.69. The summed E-state index contributed by atoms with van der Waals surface area (Å²) in [5.41, 5.74) is 0. The van der Waals surface area contributed by atoms with Crippen molar-refractivity contribution in [2.45, 2.75) is 49.3 Å². The molecular formula is C13H22N2O4S. The third kappa shape index (κ3) is 6.85. The molecule has 1 heterocycles. The van der Waals surface area contributed by atoms with Crippen LogP contribution in [0.25, 0.3) is 0 Å². The van der Waals surface area contributed by atoms with Crippen molar-refractivity contribution in [1.82, 2.24) is 4.98 Å². The summed E-state index contributed by atoms with van der Waals surface area (Å²) in [6, 6.07) is 5.05. The van der Waals surface area contributed by atoms with Gasteiger partial charge in [0.1, 0.15) is 0 Å². The van der Waals surface area contributed by atoms with Crippen LogP contribution < -0.4 is 5.90 Å². The molecule has 0 bridgehead atoms. The molecular weight excluding hydrogens is 280 g/mol. The molecule has 20 heavy (non-hydrogen) atoms. The SMILES string of the molecule is CCCCCCC(C(=O)O)[S+]([O-])c1ccccn1.NO. The van der Waals surface area contributed by atoms with E-state index in [9.17, 15) is 9.35 Å². The summed E-state index contributed by atoms with van der Waals surface area (Å²) in [4.78, 5) is 15.1. The average molecular weight is 302 g/mol. The Hall–Kier alpha value is -1.15. The Bertz CT molecular complexity index is 365. The van der Waals surface area contributed by atoms with Gasteiger partial charge in [-0.25, -0.2) is 15.7 Å². The molecule has 0 aliphatic carbocycles. The zero-order valence-electron chi connectivity index (χ0n) is 11.6. The van der Waals surface area contributed by atoms with Crippen LogP contribution in [0.1, 0.15) is 39.0 Å². The van der Waals surface area contributed by atoms with Crippen molar-refractivity contribution in [2.75, 3.05) is 0 Å². The van der Waals surface area contributed by atoms with E-state index in [2.05, 4.69) is 17.8 Å². The first-order valence-corrected chi connectivity index (χ1v) is 7.68. The topological polar surface area (TPSA) is 120 Å². The van der Waals surface area contributed by atoms with Crippen LogP contribution in [0.5, 0.6) is 0 Å². The average Bonchev–Trinajstić information content (AvgIpc) is 2.49. The molecule has 0 saturated heterocycles. The molecule has 2 atom stereocenters. The third-order valence-electron chi connectivity index (χ3n) is 2.70. The molecule has 1 aromatic heterocycles. The maximum atomic E-state index is 12.1. The van der Waals surface area contributed by atoms with E-state index in [0.717, 1.165) is 25.7 Å². The first-order chi connectivity index (χ1) is 9.66. The lowest BCUT2D eigenvalue weighted by Gasteiger charge is -2.16. The maximum absolute atomic E-state index is 12.1. The molecule has 6 nitrogen and oxygen atoms in total. The highest BCUT2D eigenvalue weighted by Gasteiger charge is 2.32. The first kappa shape index (κ1) is 18.9. The van der Waals surface area contributed by atoms with Gasteiger partial charge < -0.3 is 14.9 Å². The van der Waals surface area contributed by atoms with Crippen LogP contribution in [-0.4, -0.2) is 31.1 Å². The van der Waals surface area contributed by atoms with Crippen molar-refractivity contribution in [3.63, 3.8) is 0 Å². The van der Waals surface area contributed by atoms with Crippen LogP contribution >= 0.6 is 0 Å². The molecule has 114 valence electrons. The molecule has 1 rings (SSSR count). The molecule has 2 unspecified atom stereocenters. The van der Waals surface area contributed by atoms with Crippen LogP contribution in [0.15, 0.2) is 29.4 Å². The molecule has 7 heteroatoms. The Morgan fingerprint density at radius 2 is 2.10 bits per heavy atom. The molecule has 0 spiro atoms. The van der Waals surface area contributed by atoms with Gasteiger partial charge in [-0.3, -0.25) is 0 Å². The van der Waals surface area contributed by atoms with Gasteiger partial charge in [-0.1, -0.05) is 32.3 Å². The van der Waals surface area contributed by atoms with Crippen molar-refractivity contribution in [1.29, 1.82) is 0 Å². The minimum Gasteiger partial charge on any atom is -0.610 e. The molecule has 0 amide bonds. The van der Waals surface area contributed by atoms with Crippen molar-refractivity contribution in [3.05, 3.63) is 24.4 Å². The van der Waals surface area contributed by atoms with Crippen LogP contribution in [0.2, 0.25) is 0 Å². The van der Waals surface area contributed by atoms with E-state index >= 15 is 0 Å². The van der Waals surface area contributed by atoms with Crippen molar-refractivity contribution >= 4 is 17.1 Å².